The number of nitrogens with one attached hydrogen (secondary N) is 3. The molecule has 0 aliphatic rings. The van der Waals surface area contributed by atoms with Gasteiger partial charge in [0.15, 0.2) is 0 Å². The number of nitrogens with two attached hydrogens (primary N) is 1. The molecule has 0 aliphatic heterocycles. The zero-order chi connectivity index (χ0) is 23.3. The first-order valence-corrected chi connectivity index (χ1v) is 10.7. The lowest BCUT2D eigenvalue weighted by Gasteiger charge is -2.20. The van der Waals surface area contributed by atoms with Crippen LogP contribution in [0.2, 0.25) is 0 Å². The molecule has 5 N–H and O–H groups in total. The lowest BCUT2D eigenvalue weighted by molar-refractivity contribution is -0.137. The van der Waals surface area contributed by atoms with Crippen molar-refractivity contribution in [3.05, 3.63) is 48.0 Å². The average molecular weight is 445 g/mol. The molecule has 0 bridgehead atoms. The largest absolute Gasteiger partial charge is 0.382 e. The van der Waals surface area contributed by atoms with Gasteiger partial charge in [-0.3, -0.25) is 19.2 Å². The third-order valence-corrected chi connectivity index (χ3v) is 4.83. The molecule has 174 valence electrons. The van der Waals surface area contributed by atoms with Gasteiger partial charge in [0.2, 0.25) is 17.7 Å². The fraction of sp³-hybridized carbons (Fsp3) is 0.435. The maximum atomic E-state index is 12.7. The Hall–Kier alpha value is -3.01. The SMILES string of the molecule is CCCCONC(=O)C[C@H](N)C(=O)N[C@@H](COC)C(=O)NCc1cccc2ccccc12. The molecule has 9 nitrogen and oxygen atoms in total. The van der Waals surface area contributed by atoms with Crippen molar-refractivity contribution in [1.29, 1.82) is 0 Å². The smallest absolute Gasteiger partial charge is 0.245 e. The summed E-state index contributed by atoms with van der Waals surface area (Å²) in [5.41, 5.74) is 9.03. The molecular weight excluding hydrogens is 412 g/mol. The Kier molecular flexibility index (Phi) is 10.6. The summed E-state index contributed by atoms with van der Waals surface area (Å²) in [5, 5.41) is 7.49. The van der Waals surface area contributed by atoms with Crippen LogP contribution in [0.4, 0.5) is 0 Å². The minimum atomic E-state index is -1.13. The lowest BCUT2D eigenvalue weighted by Crippen LogP contribution is -2.54. The fourth-order valence-corrected chi connectivity index (χ4v) is 3.06. The van der Waals surface area contributed by atoms with Gasteiger partial charge in [-0.05, 0) is 22.8 Å². The molecule has 0 aliphatic carbocycles. The molecule has 0 unspecified atom stereocenters. The van der Waals surface area contributed by atoms with Crippen LogP contribution in [-0.4, -0.2) is 50.1 Å². The van der Waals surface area contributed by atoms with E-state index in [-0.39, 0.29) is 13.0 Å². The predicted octanol–water partition coefficient (Wildman–Crippen LogP) is 1.15. The van der Waals surface area contributed by atoms with E-state index >= 15 is 0 Å². The molecule has 32 heavy (non-hydrogen) atoms. The van der Waals surface area contributed by atoms with Gasteiger partial charge in [0.05, 0.1) is 25.7 Å². The Balaban J connectivity index is 1.89. The van der Waals surface area contributed by atoms with E-state index in [1.165, 1.54) is 7.11 Å². The van der Waals surface area contributed by atoms with Gasteiger partial charge >= 0.3 is 0 Å². The summed E-state index contributed by atoms with van der Waals surface area (Å²) in [4.78, 5) is 41.9. The van der Waals surface area contributed by atoms with Crippen LogP contribution in [0.15, 0.2) is 42.5 Å². The minimum absolute atomic E-state index is 0.0356. The van der Waals surface area contributed by atoms with Crippen molar-refractivity contribution in [3.63, 3.8) is 0 Å². The van der Waals surface area contributed by atoms with Gasteiger partial charge in [0, 0.05) is 13.7 Å². The molecule has 0 heterocycles. The molecule has 2 aromatic carbocycles. The number of fused-ring (bicyclic) bond motifs is 1. The van der Waals surface area contributed by atoms with E-state index in [9.17, 15) is 14.4 Å². The highest BCUT2D eigenvalue weighted by atomic mass is 16.6. The monoisotopic (exact) mass is 444 g/mol. The number of amides is 3. The van der Waals surface area contributed by atoms with Crippen molar-refractivity contribution in [3.8, 4) is 0 Å². The molecule has 0 aromatic heterocycles. The molecule has 3 amide bonds. The first-order chi connectivity index (χ1) is 15.5. The first kappa shape index (κ1) is 25.3. The van der Waals surface area contributed by atoms with E-state index in [4.69, 9.17) is 15.3 Å². The maximum absolute atomic E-state index is 12.7. The van der Waals surface area contributed by atoms with Gasteiger partial charge in [-0.1, -0.05) is 55.8 Å². The second kappa shape index (κ2) is 13.4. The molecular formula is C23H32N4O5. The van der Waals surface area contributed by atoms with Crippen LogP contribution in [0.1, 0.15) is 31.7 Å². The highest BCUT2D eigenvalue weighted by Crippen LogP contribution is 2.18. The molecule has 2 rings (SSSR count). The van der Waals surface area contributed by atoms with Crippen LogP contribution in [0.5, 0.6) is 0 Å². The third-order valence-electron chi connectivity index (χ3n) is 4.83. The number of hydrogen-bond acceptors (Lipinski definition) is 6. The quantitative estimate of drug-likeness (QED) is 0.271. The molecule has 0 radical (unpaired) electrons. The topological polar surface area (TPSA) is 132 Å². The van der Waals surface area contributed by atoms with Crippen LogP contribution < -0.4 is 21.8 Å². The van der Waals surface area contributed by atoms with E-state index in [1.54, 1.807) is 0 Å². The summed E-state index contributed by atoms with van der Waals surface area (Å²) in [6, 6.07) is 11.7. The number of rotatable bonds is 13. The van der Waals surface area contributed by atoms with E-state index in [0.29, 0.717) is 13.2 Å². The number of methoxy groups -OCH3 is 1. The van der Waals surface area contributed by atoms with E-state index < -0.39 is 29.8 Å². The van der Waals surface area contributed by atoms with Crippen molar-refractivity contribution in [2.24, 2.45) is 5.73 Å². The molecule has 0 spiro atoms. The van der Waals surface area contributed by atoms with Crippen molar-refractivity contribution >= 4 is 28.5 Å². The maximum Gasteiger partial charge on any atom is 0.245 e. The Morgan fingerprint density at radius 2 is 1.81 bits per heavy atom. The lowest BCUT2D eigenvalue weighted by atomic mass is 10.0. The first-order valence-electron chi connectivity index (χ1n) is 10.7. The van der Waals surface area contributed by atoms with Crippen LogP contribution in [0.25, 0.3) is 10.8 Å². The van der Waals surface area contributed by atoms with Crippen molar-refractivity contribution in [1.82, 2.24) is 16.1 Å². The molecule has 0 saturated carbocycles. The zero-order valence-corrected chi connectivity index (χ0v) is 18.6. The minimum Gasteiger partial charge on any atom is -0.382 e. The number of ether oxygens (including phenoxy) is 1. The Morgan fingerprint density at radius 3 is 2.56 bits per heavy atom. The normalized spacial score (nSPS) is 12.7. The molecule has 2 atom stereocenters. The van der Waals surface area contributed by atoms with Crippen molar-refractivity contribution < 1.29 is 24.0 Å². The summed E-state index contributed by atoms with van der Waals surface area (Å²) < 4.78 is 5.07. The second-order valence-corrected chi connectivity index (χ2v) is 7.41. The van der Waals surface area contributed by atoms with Crippen LogP contribution >= 0.6 is 0 Å². The molecule has 2 aromatic rings. The Morgan fingerprint density at radius 1 is 1.06 bits per heavy atom. The predicted molar refractivity (Wildman–Crippen MR) is 121 cm³/mol. The molecule has 0 saturated heterocycles. The van der Waals surface area contributed by atoms with E-state index in [0.717, 1.165) is 29.2 Å². The number of hydrogen-bond donors (Lipinski definition) is 4. The number of hydroxylamine groups is 1. The summed E-state index contributed by atoms with van der Waals surface area (Å²) in [6.45, 7) is 2.64. The zero-order valence-electron chi connectivity index (χ0n) is 18.6. The molecule has 9 heteroatoms. The van der Waals surface area contributed by atoms with Gasteiger partial charge in [0.1, 0.15) is 6.04 Å². The van der Waals surface area contributed by atoms with Gasteiger partial charge in [-0.15, -0.1) is 0 Å². The summed E-state index contributed by atoms with van der Waals surface area (Å²) in [5.74, 6) is -1.55. The summed E-state index contributed by atoms with van der Waals surface area (Å²) in [7, 11) is 1.43. The van der Waals surface area contributed by atoms with Gasteiger partial charge < -0.3 is 21.1 Å². The van der Waals surface area contributed by atoms with Gasteiger partial charge in [-0.25, -0.2) is 5.48 Å². The number of carbonyl (C=O) groups excluding carboxylic acids is 3. The standard InChI is InChI=1S/C23H32N4O5/c1-3-4-12-32-27-21(28)13-19(24)22(29)26-20(15-31-2)23(30)25-14-17-10-7-9-16-8-5-6-11-18(16)17/h5-11,19-20H,3-4,12-15,24H2,1-2H3,(H,25,30)(H,26,29)(H,27,28)/t19-,20-/m0/s1. The van der Waals surface area contributed by atoms with Crippen molar-refractivity contribution in [2.75, 3.05) is 20.3 Å². The highest BCUT2D eigenvalue weighted by Gasteiger charge is 2.25. The third kappa shape index (κ3) is 7.92. The Labute approximate surface area is 188 Å². The van der Waals surface area contributed by atoms with Gasteiger partial charge in [-0.2, -0.15) is 0 Å². The summed E-state index contributed by atoms with van der Waals surface area (Å²) >= 11 is 0. The van der Waals surface area contributed by atoms with Crippen LogP contribution in [0, 0.1) is 0 Å². The molecule has 0 fully saturated rings. The number of unbranched alkanes of at least 4 members (excludes halogenated alkanes) is 1. The van der Waals surface area contributed by atoms with Crippen LogP contribution in [-0.2, 0) is 30.5 Å². The number of benzene rings is 2. The fourth-order valence-electron chi connectivity index (χ4n) is 3.06. The Bertz CT molecular complexity index is 900. The van der Waals surface area contributed by atoms with E-state index in [2.05, 4.69) is 16.1 Å². The van der Waals surface area contributed by atoms with Gasteiger partial charge in [0.25, 0.3) is 0 Å². The second-order valence-electron chi connectivity index (χ2n) is 7.41. The summed E-state index contributed by atoms with van der Waals surface area (Å²) in [6.07, 6.45) is 1.47. The average Bonchev–Trinajstić information content (AvgIpc) is 2.79. The van der Waals surface area contributed by atoms with Crippen molar-refractivity contribution in [2.45, 2.75) is 44.8 Å². The number of carbonyl (C=O) groups is 3. The van der Waals surface area contributed by atoms with E-state index in [1.807, 2.05) is 49.4 Å². The highest BCUT2D eigenvalue weighted by molar-refractivity contribution is 5.92. The van der Waals surface area contributed by atoms with Crippen LogP contribution in [0.3, 0.4) is 0 Å².